The predicted octanol–water partition coefficient (Wildman–Crippen LogP) is 2.10. The SMILES string of the molecule is COC(=O)COc1ccc(C(=O)NCCNc2cccc(F)c2C#N)cc1OC. The lowest BCUT2D eigenvalue weighted by molar-refractivity contribution is -0.142. The molecule has 0 unspecified atom stereocenters. The first-order valence-corrected chi connectivity index (χ1v) is 8.58. The smallest absolute Gasteiger partial charge is 0.343 e. The lowest BCUT2D eigenvalue weighted by atomic mass is 10.2. The first-order valence-electron chi connectivity index (χ1n) is 8.58. The Morgan fingerprint density at radius 3 is 2.62 bits per heavy atom. The molecule has 0 spiro atoms. The summed E-state index contributed by atoms with van der Waals surface area (Å²) in [5, 5.41) is 14.6. The molecule has 0 bridgehead atoms. The number of amides is 1. The number of rotatable bonds is 9. The first-order chi connectivity index (χ1) is 14.0. The van der Waals surface area contributed by atoms with E-state index in [9.17, 15) is 14.0 Å². The summed E-state index contributed by atoms with van der Waals surface area (Å²) in [6.07, 6.45) is 0. The number of nitriles is 1. The number of nitrogens with one attached hydrogen (secondary N) is 2. The van der Waals surface area contributed by atoms with Crippen molar-refractivity contribution in [3.05, 3.63) is 53.3 Å². The summed E-state index contributed by atoms with van der Waals surface area (Å²) in [4.78, 5) is 23.5. The quantitative estimate of drug-likeness (QED) is 0.489. The van der Waals surface area contributed by atoms with Gasteiger partial charge in [0.1, 0.15) is 17.4 Å². The summed E-state index contributed by atoms with van der Waals surface area (Å²) in [6.45, 7) is 0.249. The maximum Gasteiger partial charge on any atom is 0.343 e. The second kappa shape index (κ2) is 10.5. The number of hydrogen-bond acceptors (Lipinski definition) is 7. The molecule has 0 heterocycles. The third-order valence-electron chi connectivity index (χ3n) is 3.85. The number of carbonyl (C=O) groups is 2. The largest absolute Gasteiger partial charge is 0.493 e. The van der Waals surface area contributed by atoms with Crippen molar-refractivity contribution in [1.29, 1.82) is 5.26 Å². The molecule has 1 amide bonds. The Kier molecular flexibility index (Phi) is 7.79. The van der Waals surface area contributed by atoms with Crippen LogP contribution in [-0.2, 0) is 9.53 Å². The van der Waals surface area contributed by atoms with E-state index in [0.29, 0.717) is 23.5 Å². The number of methoxy groups -OCH3 is 2. The average molecular weight is 401 g/mol. The van der Waals surface area contributed by atoms with Gasteiger partial charge in [-0.15, -0.1) is 0 Å². The van der Waals surface area contributed by atoms with Gasteiger partial charge in [0.2, 0.25) is 0 Å². The predicted molar refractivity (Wildman–Crippen MR) is 102 cm³/mol. The molecule has 8 nitrogen and oxygen atoms in total. The molecule has 0 aliphatic heterocycles. The number of esters is 1. The molecule has 2 aromatic rings. The summed E-state index contributed by atoms with van der Waals surface area (Å²) >= 11 is 0. The van der Waals surface area contributed by atoms with Gasteiger partial charge in [-0.2, -0.15) is 5.26 Å². The van der Waals surface area contributed by atoms with Gasteiger partial charge in [0, 0.05) is 18.7 Å². The number of anilines is 1. The number of benzene rings is 2. The summed E-state index contributed by atoms with van der Waals surface area (Å²) in [5.41, 5.74) is 0.609. The maximum absolute atomic E-state index is 13.6. The molecule has 0 saturated heterocycles. The van der Waals surface area contributed by atoms with Gasteiger partial charge in [-0.3, -0.25) is 4.79 Å². The minimum absolute atomic E-state index is 0.0777. The van der Waals surface area contributed by atoms with Gasteiger partial charge in [-0.05, 0) is 30.3 Å². The molecule has 29 heavy (non-hydrogen) atoms. The number of carbonyl (C=O) groups excluding carboxylic acids is 2. The third kappa shape index (κ3) is 5.84. The van der Waals surface area contributed by atoms with Crippen LogP contribution in [0.15, 0.2) is 36.4 Å². The van der Waals surface area contributed by atoms with E-state index in [1.807, 2.05) is 0 Å². The van der Waals surface area contributed by atoms with Crippen LogP contribution in [0.4, 0.5) is 10.1 Å². The molecule has 0 atom stereocenters. The van der Waals surface area contributed by atoms with E-state index in [1.165, 1.54) is 44.6 Å². The minimum atomic E-state index is -0.608. The Labute approximate surface area is 167 Å². The van der Waals surface area contributed by atoms with Crippen molar-refractivity contribution in [2.24, 2.45) is 0 Å². The van der Waals surface area contributed by atoms with Crippen LogP contribution in [0.25, 0.3) is 0 Å². The molecule has 9 heteroatoms. The molecular formula is C20H20FN3O5. The molecule has 0 aromatic heterocycles. The van der Waals surface area contributed by atoms with E-state index < -0.39 is 11.8 Å². The van der Waals surface area contributed by atoms with Crippen molar-refractivity contribution in [3.63, 3.8) is 0 Å². The maximum atomic E-state index is 13.6. The molecule has 152 valence electrons. The summed E-state index contributed by atoms with van der Waals surface area (Å²) < 4.78 is 28.5. The number of ether oxygens (including phenoxy) is 3. The highest BCUT2D eigenvalue weighted by atomic mass is 19.1. The van der Waals surface area contributed by atoms with Crippen molar-refractivity contribution < 1.29 is 28.2 Å². The van der Waals surface area contributed by atoms with Crippen molar-refractivity contribution in [3.8, 4) is 17.6 Å². The minimum Gasteiger partial charge on any atom is -0.493 e. The normalized spacial score (nSPS) is 9.86. The average Bonchev–Trinajstić information content (AvgIpc) is 2.74. The fraction of sp³-hybridized carbons (Fsp3) is 0.250. The van der Waals surface area contributed by atoms with Gasteiger partial charge in [0.05, 0.1) is 19.9 Å². The van der Waals surface area contributed by atoms with E-state index in [1.54, 1.807) is 12.1 Å². The highest BCUT2D eigenvalue weighted by molar-refractivity contribution is 5.94. The summed E-state index contributed by atoms with van der Waals surface area (Å²) in [5.74, 6) is -0.920. The lowest BCUT2D eigenvalue weighted by Gasteiger charge is -2.12. The van der Waals surface area contributed by atoms with E-state index >= 15 is 0 Å². The van der Waals surface area contributed by atoms with Crippen LogP contribution in [0.1, 0.15) is 15.9 Å². The fourth-order valence-electron chi connectivity index (χ4n) is 2.38. The van der Waals surface area contributed by atoms with Crippen molar-refractivity contribution in [2.45, 2.75) is 0 Å². The van der Waals surface area contributed by atoms with Gasteiger partial charge < -0.3 is 24.8 Å². The number of nitrogens with zero attached hydrogens (tertiary/aromatic N) is 1. The van der Waals surface area contributed by atoms with Crippen LogP contribution < -0.4 is 20.1 Å². The van der Waals surface area contributed by atoms with Crippen LogP contribution >= 0.6 is 0 Å². The zero-order valence-corrected chi connectivity index (χ0v) is 16.0. The number of hydrogen-bond donors (Lipinski definition) is 2. The third-order valence-corrected chi connectivity index (χ3v) is 3.85. The van der Waals surface area contributed by atoms with Gasteiger partial charge >= 0.3 is 5.97 Å². The van der Waals surface area contributed by atoms with Crippen LogP contribution in [0.5, 0.6) is 11.5 Å². The molecule has 0 radical (unpaired) electrons. The first kappa shape index (κ1) is 21.5. The van der Waals surface area contributed by atoms with Gasteiger partial charge in [0.25, 0.3) is 5.91 Å². The fourth-order valence-corrected chi connectivity index (χ4v) is 2.38. The molecule has 0 aliphatic carbocycles. The highest BCUT2D eigenvalue weighted by Gasteiger charge is 2.13. The molecular weight excluding hydrogens is 381 g/mol. The molecule has 2 aromatic carbocycles. The summed E-state index contributed by atoms with van der Waals surface area (Å²) in [6, 6.07) is 10.6. The lowest BCUT2D eigenvalue weighted by Crippen LogP contribution is -2.29. The highest BCUT2D eigenvalue weighted by Crippen LogP contribution is 2.28. The summed E-state index contributed by atoms with van der Waals surface area (Å²) in [7, 11) is 2.67. The molecule has 0 fully saturated rings. The zero-order valence-electron chi connectivity index (χ0n) is 16.0. The molecule has 2 N–H and O–H groups in total. The Bertz CT molecular complexity index is 927. The van der Waals surface area contributed by atoms with E-state index in [2.05, 4.69) is 15.4 Å². The Balaban J connectivity index is 1.91. The standard InChI is InChI=1S/C20H20FN3O5/c1-27-18-10-13(6-7-17(18)29-12-19(25)28-2)20(26)24-9-8-23-16-5-3-4-15(21)14(16)11-22/h3-7,10,23H,8-9,12H2,1-2H3,(H,24,26). The van der Waals surface area contributed by atoms with Crippen LogP contribution in [-0.4, -0.2) is 45.8 Å². The Morgan fingerprint density at radius 1 is 1.14 bits per heavy atom. The van der Waals surface area contributed by atoms with Crippen molar-refractivity contribution >= 4 is 17.6 Å². The van der Waals surface area contributed by atoms with Gasteiger partial charge in [0.15, 0.2) is 18.1 Å². The van der Waals surface area contributed by atoms with Gasteiger partial charge in [-0.1, -0.05) is 6.07 Å². The van der Waals surface area contributed by atoms with Crippen LogP contribution in [0, 0.1) is 17.1 Å². The zero-order chi connectivity index (χ0) is 21.2. The van der Waals surface area contributed by atoms with E-state index in [4.69, 9.17) is 14.7 Å². The van der Waals surface area contributed by atoms with Gasteiger partial charge in [-0.25, -0.2) is 9.18 Å². The van der Waals surface area contributed by atoms with Crippen molar-refractivity contribution in [2.75, 3.05) is 39.2 Å². The number of halogens is 1. The topological polar surface area (TPSA) is 110 Å². The Hall–Kier alpha value is -3.80. The van der Waals surface area contributed by atoms with Crippen LogP contribution in [0.2, 0.25) is 0 Å². The van der Waals surface area contributed by atoms with Crippen LogP contribution in [0.3, 0.4) is 0 Å². The molecule has 0 saturated carbocycles. The van der Waals surface area contributed by atoms with E-state index in [0.717, 1.165) is 0 Å². The monoisotopic (exact) mass is 401 g/mol. The Morgan fingerprint density at radius 2 is 1.93 bits per heavy atom. The molecule has 0 aliphatic rings. The van der Waals surface area contributed by atoms with E-state index in [-0.39, 0.29) is 30.4 Å². The van der Waals surface area contributed by atoms with Crippen molar-refractivity contribution in [1.82, 2.24) is 5.32 Å². The second-order valence-electron chi connectivity index (χ2n) is 5.69. The second-order valence-corrected chi connectivity index (χ2v) is 5.69. The molecule has 2 rings (SSSR count).